The number of ether oxygens (including phenoxy) is 2. The average molecular weight is 557 g/mol. The molecule has 1 aliphatic heterocycles. The number of amides is 2. The van der Waals surface area contributed by atoms with Crippen molar-refractivity contribution in [2.24, 2.45) is 0 Å². The summed E-state index contributed by atoms with van der Waals surface area (Å²) in [5, 5.41) is 2.87. The van der Waals surface area contributed by atoms with Crippen molar-refractivity contribution in [1.82, 2.24) is 10.2 Å². The second kappa shape index (κ2) is 18.8. The Kier molecular flexibility index (Phi) is 15.8. The lowest BCUT2D eigenvalue weighted by Gasteiger charge is -2.38. The number of carbonyl (C=O) groups is 2. The minimum atomic E-state index is -0.551. The summed E-state index contributed by atoms with van der Waals surface area (Å²) < 4.78 is 11.7. The summed E-state index contributed by atoms with van der Waals surface area (Å²) in [6.07, 6.45) is 18.0. The van der Waals surface area contributed by atoms with Crippen molar-refractivity contribution in [2.75, 3.05) is 13.2 Å². The van der Waals surface area contributed by atoms with Gasteiger partial charge in [-0.1, -0.05) is 96.1 Å². The van der Waals surface area contributed by atoms with Crippen LogP contribution in [0.3, 0.4) is 0 Å². The Morgan fingerprint density at radius 2 is 1.48 bits per heavy atom. The molecule has 1 aromatic carbocycles. The van der Waals surface area contributed by atoms with E-state index in [0.717, 1.165) is 29.7 Å². The van der Waals surface area contributed by atoms with Gasteiger partial charge >= 0.3 is 12.0 Å². The maximum absolute atomic E-state index is 13.2. The van der Waals surface area contributed by atoms with E-state index in [1.165, 1.54) is 77.0 Å². The second-order valence-electron chi connectivity index (χ2n) is 11.4. The van der Waals surface area contributed by atoms with Crippen LogP contribution in [0.5, 0.6) is 5.75 Å². The van der Waals surface area contributed by atoms with E-state index in [-0.39, 0.29) is 18.7 Å². The number of carbonyl (C=O) groups excluding carboxylic acids is 2. The van der Waals surface area contributed by atoms with Gasteiger partial charge in [0.05, 0.1) is 24.3 Å². The largest absolute Gasteiger partial charge is 0.491 e. The average Bonchev–Trinajstić information content (AvgIpc) is 2.91. The third-order valence-corrected chi connectivity index (χ3v) is 7.72. The number of allylic oxidation sites excluding steroid dienone is 1. The lowest BCUT2D eigenvalue weighted by Crippen LogP contribution is -2.48. The van der Waals surface area contributed by atoms with Crippen LogP contribution in [0.1, 0.15) is 142 Å². The molecule has 2 rings (SSSR count). The van der Waals surface area contributed by atoms with Gasteiger partial charge in [-0.05, 0) is 59.1 Å². The van der Waals surface area contributed by atoms with Crippen LogP contribution < -0.4 is 10.1 Å². The van der Waals surface area contributed by atoms with Gasteiger partial charge in [0.15, 0.2) is 0 Å². The predicted molar refractivity (Wildman–Crippen MR) is 165 cm³/mol. The van der Waals surface area contributed by atoms with Crippen molar-refractivity contribution in [1.29, 1.82) is 0 Å². The third kappa shape index (κ3) is 10.5. The summed E-state index contributed by atoms with van der Waals surface area (Å²) in [6.45, 7) is 12.5. The Morgan fingerprint density at radius 3 is 2.00 bits per heavy atom. The first-order chi connectivity index (χ1) is 19.3. The summed E-state index contributed by atoms with van der Waals surface area (Å²) in [4.78, 5) is 28.0. The van der Waals surface area contributed by atoms with E-state index in [0.29, 0.717) is 17.8 Å². The lowest BCUT2D eigenvalue weighted by molar-refractivity contribution is -0.139. The van der Waals surface area contributed by atoms with Crippen molar-refractivity contribution in [2.45, 2.75) is 144 Å². The van der Waals surface area contributed by atoms with Crippen molar-refractivity contribution in [3.63, 3.8) is 0 Å². The van der Waals surface area contributed by atoms with E-state index >= 15 is 0 Å². The van der Waals surface area contributed by atoms with Gasteiger partial charge in [-0.25, -0.2) is 9.59 Å². The predicted octanol–water partition coefficient (Wildman–Crippen LogP) is 9.03. The third-order valence-electron chi connectivity index (χ3n) is 7.72. The minimum Gasteiger partial charge on any atom is -0.491 e. The molecule has 2 amide bonds. The molecule has 1 unspecified atom stereocenters. The Balaban J connectivity index is 2.09. The molecule has 1 aliphatic rings. The first-order valence-electron chi connectivity index (χ1n) is 16.1. The zero-order chi connectivity index (χ0) is 29.3. The highest BCUT2D eigenvalue weighted by atomic mass is 16.5. The summed E-state index contributed by atoms with van der Waals surface area (Å²) in [5.41, 5.74) is 3.07. The van der Waals surface area contributed by atoms with Gasteiger partial charge in [0.1, 0.15) is 5.75 Å². The molecule has 0 saturated heterocycles. The molecule has 1 N–H and O–H groups in total. The molecule has 0 fully saturated rings. The molecular formula is C34H56N2O4. The van der Waals surface area contributed by atoms with E-state index in [1.807, 2.05) is 32.9 Å². The Labute approximate surface area is 244 Å². The van der Waals surface area contributed by atoms with E-state index < -0.39 is 12.0 Å². The molecule has 0 aliphatic carbocycles. The molecule has 0 aromatic heterocycles. The monoisotopic (exact) mass is 556 g/mol. The number of esters is 1. The van der Waals surface area contributed by atoms with Gasteiger partial charge in [-0.15, -0.1) is 0 Å². The topological polar surface area (TPSA) is 67.9 Å². The Bertz CT molecular complexity index is 940. The van der Waals surface area contributed by atoms with Gasteiger partial charge < -0.3 is 19.7 Å². The van der Waals surface area contributed by atoms with E-state index in [4.69, 9.17) is 9.47 Å². The van der Waals surface area contributed by atoms with Crippen molar-refractivity contribution in [3.05, 3.63) is 40.6 Å². The quantitative estimate of drug-likeness (QED) is 0.128. The number of hydrogen-bond donors (Lipinski definition) is 1. The molecule has 1 atom stereocenters. The standard InChI is InChI=1S/C34H56N2O4/c1-7-10-11-12-13-14-15-16-17-18-19-20-21-23-28-24-22-25-29(40-26(4)5)31(28)32-30(33(37)39-9-3)27(6)35-34(38)36(32)8-2/h22,24-26,32H,7-21,23H2,1-6H3,(H,35,38). The summed E-state index contributed by atoms with van der Waals surface area (Å²) in [7, 11) is 0. The fourth-order valence-electron chi connectivity index (χ4n) is 5.69. The van der Waals surface area contributed by atoms with Crippen molar-refractivity contribution in [3.8, 4) is 5.75 Å². The first kappa shape index (κ1) is 33.7. The SMILES string of the molecule is CCCCCCCCCCCCCCCc1cccc(OC(C)C)c1C1C(C(=O)OCC)=C(C)NC(=O)N1CC. The van der Waals surface area contributed by atoms with Crippen LogP contribution in [0.25, 0.3) is 0 Å². The highest BCUT2D eigenvalue weighted by Crippen LogP contribution is 2.41. The summed E-state index contributed by atoms with van der Waals surface area (Å²) in [6, 6.07) is 5.36. The van der Waals surface area contributed by atoms with Crippen LogP contribution >= 0.6 is 0 Å². The number of likely N-dealkylation sites (N-methyl/N-ethyl adjacent to an activating group) is 1. The van der Waals surface area contributed by atoms with Crippen LogP contribution in [0.4, 0.5) is 4.79 Å². The summed E-state index contributed by atoms with van der Waals surface area (Å²) in [5.74, 6) is 0.338. The maximum atomic E-state index is 13.2. The van der Waals surface area contributed by atoms with Crippen LogP contribution in [0.15, 0.2) is 29.5 Å². The van der Waals surface area contributed by atoms with Gasteiger partial charge in [0.25, 0.3) is 0 Å². The second-order valence-corrected chi connectivity index (χ2v) is 11.4. The zero-order valence-corrected chi connectivity index (χ0v) is 26.3. The number of urea groups is 1. The van der Waals surface area contributed by atoms with Gasteiger partial charge in [-0.3, -0.25) is 0 Å². The molecule has 1 heterocycles. The number of hydrogen-bond acceptors (Lipinski definition) is 4. The normalized spacial score (nSPS) is 15.5. The molecule has 0 spiro atoms. The van der Waals surface area contributed by atoms with Gasteiger partial charge in [0, 0.05) is 17.8 Å². The molecule has 6 heteroatoms. The Morgan fingerprint density at radius 1 is 0.900 bits per heavy atom. The fraction of sp³-hybridized carbons (Fsp3) is 0.706. The van der Waals surface area contributed by atoms with Crippen molar-refractivity contribution < 1.29 is 19.1 Å². The van der Waals surface area contributed by atoms with Crippen LogP contribution in [0.2, 0.25) is 0 Å². The fourth-order valence-corrected chi connectivity index (χ4v) is 5.69. The van der Waals surface area contributed by atoms with Crippen LogP contribution in [0, 0.1) is 0 Å². The van der Waals surface area contributed by atoms with E-state index in [9.17, 15) is 9.59 Å². The number of aryl methyl sites for hydroxylation is 1. The molecule has 40 heavy (non-hydrogen) atoms. The number of unbranched alkanes of at least 4 members (excludes halogenated alkanes) is 12. The molecule has 0 saturated carbocycles. The Hall–Kier alpha value is -2.50. The minimum absolute atomic E-state index is 0.0334. The van der Waals surface area contributed by atoms with Gasteiger partial charge in [-0.2, -0.15) is 0 Å². The van der Waals surface area contributed by atoms with Crippen molar-refractivity contribution >= 4 is 12.0 Å². The van der Waals surface area contributed by atoms with Crippen LogP contribution in [-0.4, -0.2) is 36.2 Å². The zero-order valence-electron chi connectivity index (χ0n) is 26.3. The molecule has 0 bridgehead atoms. The lowest BCUT2D eigenvalue weighted by atomic mass is 9.87. The molecule has 0 radical (unpaired) electrons. The van der Waals surface area contributed by atoms with Crippen LogP contribution in [-0.2, 0) is 16.0 Å². The number of nitrogens with one attached hydrogen (secondary N) is 1. The van der Waals surface area contributed by atoms with E-state index in [1.54, 1.807) is 18.7 Å². The molecule has 1 aromatic rings. The highest BCUT2D eigenvalue weighted by Gasteiger charge is 2.40. The summed E-state index contributed by atoms with van der Waals surface area (Å²) >= 11 is 0. The smallest absolute Gasteiger partial charge is 0.338 e. The number of benzene rings is 1. The molecular weight excluding hydrogens is 500 g/mol. The maximum Gasteiger partial charge on any atom is 0.338 e. The number of rotatable bonds is 20. The van der Waals surface area contributed by atoms with E-state index in [2.05, 4.69) is 18.3 Å². The molecule has 6 nitrogen and oxygen atoms in total. The molecule has 226 valence electrons. The van der Waals surface area contributed by atoms with Gasteiger partial charge in [0.2, 0.25) is 0 Å². The highest BCUT2D eigenvalue weighted by molar-refractivity contribution is 5.95. The number of nitrogens with zero attached hydrogens (tertiary/aromatic N) is 1. The first-order valence-corrected chi connectivity index (χ1v) is 16.1.